The van der Waals surface area contributed by atoms with Crippen LogP contribution in [0.3, 0.4) is 0 Å². The van der Waals surface area contributed by atoms with Crippen LogP contribution in [0.4, 0.5) is 0 Å². The van der Waals surface area contributed by atoms with Crippen molar-refractivity contribution in [3.63, 3.8) is 0 Å². The van der Waals surface area contributed by atoms with E-state index in [2.05, 4.69) is 33.3 Å². The largest absolute Gasteiger partial charge is 0.496 e. The summed E-state index contributed by atoms with van der Waals surface area (Å²) in [5.74, 6) is 2.16. The van der Waals surface area contributed by atoms with Gasteiger partial charge in [0.2, 0.25) is 11.7 Å². The maximum absolute atomic E-state index is 5.65. The molecule has 1 saturated carbocycles. The average Bonchev–Trinajstić information content (AvgIpc) is 3.06. The van der Waals surface area contributed by atoms with Crippen molar-refractivity contribution in [1.29, 1.82) is 0 Å². The number of aromatic nitrogens is 3. The Hall–Kier alpha value is -2.69. The van der Waals surface area contributed by atoms with Crippen LogP contribution < -0.4 is 4.74 Å². The van der Waals surface area contributed by atoms with Crippen LogP contribution in [0.5, 0.6) is 5.75 Å². The standard InChI is InChI=1S/C19H19N3O2/c1-13-6-7-15(11-16(13)23-2)19(8-4-9-19)18-21-17(22-24-18)14-5-3-10-20-12-14/h3,5-7,10-12H,4,8-9H2,1-2H3. The van der Waals surface area contributed by atoms with E-state index in [0.29, 0.717) is 11.7 Å². The molecule has 0 amide bonds. The number of rotatable bonds is 4. The molecule has 5 heteroatoms. The van der Waals surface area contributed by atoms with Crippen LogP contribution in [0.25, 0.3) is 11.4 Å². The molecule has 0 atom stereocenters. The number of ether oxygens (including phenoxy) is 1. The molecule has 1 fully saturated rings. The van der Waals surface area contributed by atoms with Crippen LogP contribution in [0.15, 0.2) is 47.2 Å². The molecule has 1 aromatic carbocycles. The summed E-state index contributed by atoms with van der Waals surface area (Å²) in [7, 11) is 1.70. The van der Waals surface area contributed by atoms with Crippen LogP contribution in [0.1, 0.15) is 36.3 Å². The van der Waals surface area contributed by atoms with Crippen molar-refractivity contribution in [2.75, 3.05) is 7.11 Å². The monoisotopic (exact) mass is 321 g/mol. The van der Waals surface area contributed by atoms with Crippen LogP contribution in [-0.2, 0) is 5.41 Å². The van der Waals surface area contributed by atoms with Crippen LogP contribution in [0.2, 0.25) is 0 Å². The Bertz CT molecular complexity index is 854. The van der Waals surface area contributed by atoms with Crippen LogP contribution in [0, 0.1) is 6.92 Å². The highest BCUT2D eigenvalue weighted by Crippen LogP contribution is 2.49. The molecule has 24 heavy (non-hydrogen) atoms. The lowest BCUT2D eigenvalue weighted by atomic mass is 9.64. The summed E-state index contributed by atoms with van der Waals surface area (Å²) in [5.41, 5.74) is 2.97. The van der Waals surface area contributed by atoms with Crippen molar-refractivity contribution in [2.45, 2.75) is 31.6 Å². The number of benzene rings is 1. The van der Waals surface area contributed by atoms with Gasteiger partial charge >= 0.3 is 0 Å². The second-order valence-corrected chi connectivity index (χ2v) is 6.28. The lowest BCUT2D eigenvalue weighted by Crippen LogP contribution is -2.35. The molecular weight excluding hydrogens is 302 g/mol. The highest BCUT2D eigenvalue weighted by atomic mass is 16.5. The predicted octanol–water partition coefficient (Wildman–Crippen LogP) is 3.92. The molecule has 3 aromatic rings. The zero-order chi connectivity index (χ0) is 16.6. The number of methoxy groups -OCH3 is 1. The summed E-state index contributed by atoms with van der Waals surface area (Å²) < 4.78 is 11.1. The first-order valence-electron chi connectivity index (χ1n) is 8.13. The van der Waals surface area contributed by atoms with Crippen molar-refractivity contribution in [2.24, 2.45) is 0 Å². The van der Waals surface area contributed by atoms with E-state index in [4.69, 9.17) is 9.26 Å². The minimum absolute atomic E-state index is 0.200. The van der Waals surface area contributed by atoms with Crippen LogP contribution in [-0.4, -0.2) is 22.2 Å². The molecule has 0 bridgehead atoms. The van der Waals surface area contributed by atoms with E-state index in [1.807, 2.05) is 19.1 Å². The fraction of sp³-hybridized carbons (Fsp3) is 0.316. The van der Waals surface area contributed by atoms with Gasteiger partial charge in [0.05, 0.1) is 12.5 Å². The minimum atomic E-state index is -0.200. The molecule has 0 aliphatic heterocycles. The SMILES string of the molecule is COc1cc(C2(c3nc(-c4cccnc4)no3)CCC2)ccc1C. The van der Waals surface area contributed by atoms with Gasteiger partial charge in [-0.2, -0.15) is 4.98 Å². The topological polar surface area (TPSA) is 61.0 Å². The fourth-order valence-electron chi connectivity index (χ4n) is 3.30. The third-order valence-electron chi connectivity index (χ3n) is 4.92. The lowest BCUT2D eigenvalue weighted by Gasteiger charge is -2.39. The van der Waals surface area contributed by atoms with Gasteiger partial charge < -0.3 is 9.26 Å². The van der Waals surface area contributed by atoms with Crippen molar-refractivity contribution < 1.29 is 9.26 Å². The molecule has 0 spiro atoms. The second kappa shape index (κ2) is 5.74. The number of aryl methyl sites for hydroxylation is 1. The Morgan fingerprint density at radius 3 is 2.75 bits per heavy atom. The second-order valence-electron chi connectivity index (χ2n) is 6.28. The first-order chi connectivity index (χ1) is 11.7. The van der Waals surface area contributed by atoms with Crippen molar-refractivity contribution in [3.05, 3.63) is 59.7 Å². The molecule has 5 nitrogen and oxygen atoms in total. The zero-order valence-electron chi connectivity index (χ0n) is 13.8. The summed E-state index contributed by atoms with van der Waals surface area (Å²) >= 11 is 0. The zero-order valence-corrected chi connectivity index (χ0v) is 13.8. The number of hydrogen-bond donors (Lipinski definition) is 0. The minimum Gasteiger partial charge on any atom is -0.496 e. The van der Waals surface area contributed by atoms with E-state index >= 15 is 0 Å². The first kappa shape index (κ1) is 14.9. The average molecular weight is 321 g/mol. The maximum Gasteiger partial charge on any atom is 0.237 e. The van der Waals surface area contributed by atoms with E-state index < -0.39 is 0 Å². The molecule has 0 N–H and O–H groups in total. The van der Waals surface area contributed by atoms with E-state index in [9.17, 15) is 0 Å². The van der Waals surface area contributed by atoms with Gasteiger partial charge in [0.1, 0.15) is 5.75 Å². The van der Waals surface area contributed by atoms with E-state index in [1.165, 1.54) is 5.56 Å². The third kappa shape index (κ3) is 2.28. The Balaban J connectivity index is 1.75. The fourth-order valence-corrected chi connectivity index (χ4v) is 3.30. The smallest absolute Gasteiger partial charge is 0.237 e. The summed E-state index contributed by atoms with van der Waals surface area (Å²) in [4.78, 5) is 8.79. The van der Waals surface area contributed by atoms with Crippen molar-refractivity contribution >= 4 is 0 Å². The van der Waals surface area contributed by atoms with Gasteiger partial charge in [0, 0.05) is 18.0 Å². The molecular formula is C19H19N3O2. The third-order valence-corrected chi connectivity index (χ3v) is 4.92. The van der Waals surface area contributed by atoms with Crippen molar-refractivity contribution in [3.8, 4) is 17.1 Å². The number of pyridine rings is 1. The van der Waals surface area contributed by atoms with Crippen molar-refractivity contribution in [1.82, 2.24) is 15.1 Å². The predicted molar refractivity (Wildman–Crippen MR) is 89.9 cm³/mol. The van der Waals surface area contributed by atoms with Gasteiger partial charge in [-0.05, 0) is 49.1 Å². The molecule has 2 heterocycles. The van der Waals surface area contributed by atoms with E-state index in [-0.39, 0.29) is 5.41 Å². The maximum atomic E-state index is 5.65. The Labute approximate surface area is 140 Å². The van der Waals surface area contributed by atoms with Crippen LogP contribution >= 0.6 is 0 Å². The Morgan fingerprint density at radius 2 is 2.08 bits per heavy atom. The number of hydrogen-bond acceptors (Lipinski definition) is 5. The molecule has 0 unspecified atom stereocenters. The van der Waals surface area contributed by atoms with E-state index in [1.54, 1.807) is 19.5 Å². The molecule has 1 aliphatic carbocycles. The molecule has 1 aliphatic rings. The van der Waals surface area contributed by atoms with Gasteiger partial charge in [-0.1, -0.05) is 23.7 Å². The summed E-state index contributed by atoms with van der Waals surface area (Å²) in [6, 6.07) is 10.1. The Morgan fingerprint density at radius 1 is 1.21 bits per heavy atom. The molecule has 122 valence electrons. The summed E-state index contributed by atoms with van der Waals surface area (Å²) in [6.45, 7) is 2.04. The van der Waals surface area contributed by atoms with Gasteiger partial charge in [0.15, 0.2) is 0 Å². The molecule has 4 rings (SSSR count). The van der Waals surface area contributed by atoms with Gasteiger partial charge in [-0.15, -0.1) is 0 Å². The normalized spacial score (nSPS) is 15.8. The highest BCUT2D eigenvalue weighted by Gasteiger charge is 2.45. The summed E-state index contributed by atoms with van der Waals surface area (Å²) in [6.07, 6.45) is 6.65. The summed E-state index contributed by atoms with van der Waals surface area (Å²) in [5, 5.41) is 4.16. The molecule has 0 radical (unpaired) electrons. The lowest BCUT2D eigenvalue weighted by molar-refractivity contribution is 0.216. The Kier molecular flexibility index (Phi) is 3.56. The van der Waals surface area contributed by atoms with Gasteiger partial charge in [-0.25, -0.2) is 0 Å². The highest BCUT2D eigenvalue weighted by molar-refractivity contribution is 5.53. The quantitative estimate of drug-likeness (QED) is 0.729. The first-order valence-corrected chi connectivity index (χ1v) is 8.13. The number of nitrogens with zero attached hydrogens (tertiary/aromatic N) is 3. The van der Waals surface area contributed by atoms with Gasteiger partial charge in [-0.3, -0.25) is 4.98 Å². The van der Waals surface area contributed by atoms with Gasteiger partial charge in [0.25, 0.3) is 0 Å². The van der Waals surface area contributed by atoms with E-state index in [0.717, 1.165) is 36.1 Å². The molecule has 2 aromatic heterocycles. The molecule has 0 saturated heterocycles.